The summed E-state index contributed by atoms with van der Waals surface area (Å²) in [4.78, 5) is 0. The van der Waals surface area contributed by atoms with Crippen LogP contribution in [0.5, 0.6) is 0 Å². The number of aliphatic hydroxyl groups excluding tert-OH is 1. The molecule has 1 aliphatic rings. The zero-order valence-corrected chi connectivity index (χ0v) is 11.2. The largest absolute Gasteiger partial charge is 0.390 e. The van der Waals surface area contributed by atoms with E-state index < -0.39 is 0 Å². The number of benzene rings is 1. The topological polar surface area (TPSA) is 29.5 Å². The van der Waals surface area contributed by atoms with Crippen LogP contribution < -0.4 is 0 Å². The van der Waals surface area contributed by atoms with E-state index in [2.05, 4.69) is 31.2 Å². The molecule has 100 valence electrons. The van der Waals surface area contributed by atoms with Gasteiger partial charge in [-0.3, -0.25) is 0 Å². The van der Waals surface area contributed by atoms with Crippen LogP contribution in [0, 0.1) is 5.92 Å². The van der Waals surface area contributed by atoms with Crippen LogP contribution in [0.1, 0.15) is 38.2 Å². The molecule has 2 nitrogen and oxygen atoms in total. The van der Waals surface area contributed by atoms with Gasteiger partial charge in [0.1, 0.15) is 0 Å². The van der Waals surface area contributed by atoms with E-state index in [1.807, 2.05) is 6.07 Å². The third-order valence-corrected chi connectivity index (χ3v) is 3.80. The van der Waals surface area contributed by atoms with Gasteiger partial charge in [0.05, 0.1) is 12.2 Å². The molecule has 1 N–H and O–H groups in total. The van der Waals surface area contributed by atoms with Crippen LogP contribution in [0.3, 0.4) is 0 Å². The minimum atomic E-state index is -0.252. The number of ether oxygens (including phenoxy) is 1. The summed E-state index contributed by atoms with van der Waals surface area (Å²) in [7, 11) is 0. The minimum absolute atomic E-state index is 0.0597. The molecular weight excluding hydrogens is 224 g/mol. The summed E-state index contributed by atoms with van der Waals surface area (Å²) in [6.07, 6.45) is 4.92. The number of aliphatic hydroxyl groups is 1. The second-order valence-electron chi connectivity index (χ2n) is 5.48. The molecule has 18 heavy (non-hydrogen) atoms. The van der Waals surface area contributed by atoms with Gasteiger partial charge in [0.25, 0.3) is 0 Å². The van der Waals surface area contributed by atoms with Crippen molar-refractivity contribution in [1.82, 2.24) is 0 Å². The fourth-order valence-corrected chi connectivity index (χ4v) is 2.65. The maximum absolute atomic E-state index is 9.88. The predicted octanol–water partition coefficient (Wildman–Crippen LogP) is 3.19. The molecule has 0 radical (unpaired) electrons. The van der Waals surface area contributed by atoms with Crippen LogP contribution >= 0.6 is 0 Å². The summed E-state index contributed by atoms with van der Waals surface area (Å²) in [5.41, 5.74) is 1.36. The standard InChI is InChI=1S/C16H24O2/c1-13-9-10-15(17)16(12-13)18-11-5-8-14-6-3-2-4-7-14/h2-4,6-7,13,15-17H,5,8-12H2,1H3. The predicted molar refractivity (Wildman–Crippen MR) is 73.5 cm³/mol. The molecule has 0 amide bonds. The average molecular weight is 248 g/mol. The van der Waals surface area contributed by atoms with E-state index in [4.69, 9.17) is 4.74 Å². The molecule has 3 unspecified atom stereocenters. The van der Waals surface area contributed by atoms with Gasteiger partial charge in [-0.2, -0.15) is 0 Å². The van der Waals surface area contributed by atoms with Crippen molar-refractivity contribution in [1.29, 1.82) is 0 Å². The number of aryl methyl sites for hydroxylation is 1. The summed E-state index contributed by atoms with van der Waals surface area (Å²) >= 11 is 0. The Hall–Kier alpha value is -0.860. The molecule has 0 saturated heterocycles. The summed E-state index contributed by atoms with van der Waals surface area (Å²) in [6.45, 7) is 3.00. The number of hydrogen-bond acceptors (Lipinski definition) is 2. The van der Waals surface area contributed by atoms with Crippen LogP contribution in [0.4, 0.5) is 0 Å². The highest BCUT2D eigenvalue weighted by molar-refractivity contribution is 5.14. The fraction of sp³-hybridized carbons (Fsp3) is 0.625. The fourth-order valence-electron chi connectivity index (χ4n) is 2.65. The van der Waals surface area contributed by atoms with Crippen LogP contribution in [-0.2, 0) is 11.2 Å². The maximum atomic E-state index is 9.88. The Labute approximate surface area is 110 Å². The zero-order valence-electron chi connectivity index (χ0n) is 11.2. The lowest BCUT2D eigenvalue weighted by molar-refractivity contribution is -0.0697. The normalized spacial score (nSPS) is 28.2. The molecule has 3 atom stereocenters. The number of rotatable bonds is 5. The van der Waals surface area contributed by atoms with Crippen LogP contribution in [-0.4, -0.2) is 23.9 Å². The Morgan fingerprint density at radius 1 is 1.22 bits per heavy atom. The Bertz CT molecular complexity index is 336. The Morgan fingerprint density at radius 2 is 2.00 bits per heavy atom. The van der Waals surface area contributed by atoms with E-state index in [0.29, 0.717) is 5.92 Å². The quantitative estimate of drug-likeness (QED) is 0.811. The zero-order chi connectivity index (χ0) is 12.8. The van der Waals surface area contributed by atoms with Crippen molar-refractivity contribution in [3.8, 4) is 0 Å². The molecule has 1 aromatic carbocycles. The first-order chi connectivity index (χ1) is 8.75. The van der Waals surface area contributed by atoms with Crippen molar-refractivity contribution >= 4 is 0 Å². The molecule has 1 aliphatic carbocycles. The second-order valence-corrected chi connectivity index (χ2v) is 5.48. The highest BCUT2D eigenvalue weighted by Crippen LogP contribution is 2.26. The van der Waals surface area contributed by atoms with Gasteiger partial charge >= 0.3 is 0 Å². The van der Waals surface area contributed by atoms with Gasteiger partial charge in [-0.1, -0.05) is 37.3 Å². The molecule has 1 saturated carbocycles. The first-order valence-electron chi connectivity index (χ1n) is 7.09. The Kier molecular flexibility index (Phi) is 5.21. The van der Waals surface area contributed by atoms with E-state index in [0.717, 1.165) is 38.7 Å². The maximum Gasteiger partial charge on any atom is 0.0836 e. The molecule has 0 bridgehead atoms. The van der Waals surface area contributed by atoms with Crippen molar-refractivity contribution in [3.63, 3.8) is 0 Å². The first kappa shape index (κ1) is 13.6. The van der Waals surface area contributed by atoms with Crippen molar-refractivity contribution in [2.24, 2.45) is 5.92 Å². The van der Waals surface area contributed by atoms with Gasteiger partial charge in [-0.05, 0) is 43.6 Å². The van der Waals surface area contributed by atoms with Crippen molar-refractivity contribution in [2.45, 2.75) is 51.2 Å². The van der Waals surface area contributed by atoms with Gasteiger partial charge in [-0.15, -0.1) is 0 Å². The molecule has 0 aliphatic heterocycles. The monoisotopic (exact) mass is 248 g/mol. The van der Waals surface area contributed by atoms with Gasteiger partial charge in [0.2, 0.25) is 0 Å². The van der Waals surface area contributed by atoms with E-state index >= 15 is 0 Å². The molecule has 0 spiro atoms. The molecule has 1 fully saturated rings. The summed E-state index contributed by atoms with van der Waals surface area (Å²) in [6, 6.07) is 10.5. The molecule has 0 aromatic heterocycles. The van der Waals surface area contributed by atoms with E-state index in [9.17, 15) is 5.11 Å². The Balaban J connectivity index is 1.66. The van der Waals surface area contributed by atoms with Crippen molar-refractivity contribution in [3.05, 3.63) is 35.9 Å². The molecule has 2 heteroatoms. The van der Waals surface area contributed by atoms with E-state index in [1.54, 1.807) is 0 Å². The third-order valence-electron chi connectivity index (χ3n) is 3.80. The first-order valence-corrected chi connectivity index (χ1v) is 7.09. The lowest BCUT2D eigenvalue weighted by Gasteiger charge is -2.31. The highest BCUT2D eigenvalue weighted by Gasteiger charge is 2.27. The van der Waals surface area contributed by atoms with Gasteiger partial charge in [0, 0.05) is 6.61 Å². The smallest absolute Gasteiger partial charge is 0.0836 e. The summed E-state index contributed by atoms with van der Waals surface area (Å²) in [5.74, 6) is 0.688. The minimum Gasteiger partial charge on any atom is -0.390 e. The average Bonchev–Trinajstić information content (AvgIpc) is 2.40. The van der Waals surface area contributed by atoms with Gasteiger partial charge in [0.15, 0.2) is 0 Å². The molecular formula is C16H24O2. The molecule has 2 rings (SSSR count). The molecule has 0 heterocycles. The van der Waals surface area contributed by atoms with Crippen molar-refractivity contribution < 1.29 is 9.84 Å². The number of hydrogen-bond donors (Lipinski definition) is 1. The third kappa shape index (κ3) is 4.11. The Morgan fingerprint density at radius 3 is 2.78 bits per heavy atom. The van der Waals surface area contributed by atoms with Gasteiger partial charge in [-0.25, -0.2) is 0 Å². The van der Waals surface area contributed by atoms with Crippen LogP contribution in [0.25, 0.3) is 0 Å². The van der Waals surface area contributed by atoms with Crippen LogP contribution in [0.2, 0.25) is 0 Å². The lowest BCUT2D eigenvalue weighted by Crippen LogP contribution is -2.35. The second kappa shape index (κ2) is 6.91. The van der Waals surface area contributed by atoms with E-state index in [-0.39, 0.29) is 12.2 Å². The van der Waals surface area contributed by atoms with Gasteiger partial charge < -0.3 is 9.84 Å². The highest BCUT2D eigenvalue weighted by atomic mass is 16.5. The molecule has 1 aromatic rings. The summed E-state index contributed by atoms with van der Waals surface area (Å²) in [5, 5.41) is 9.88. The van der Waals surface area contributed by atoms with Crippen molar-refractivity contribution in [2.75, 3.05) is 6.61 Å². The lowest BCUT2D eigenvalue weighted by atomic mass is 9.86. The van der Waals surface area contributed by atoms with E-state index in [1.165, 1.54) is 5.56 Å². The van der Waals surface area contributed by atoms with Crippen LogP contribution in [0.15, 0.2) is 30.3 Å². The summed E-state index contributed by atoms with van der Waals surface area (Å²) < 4.78 is 5.84. The SMILES string of the molecule is CC1CCC(O)C(OCCCc2ccccc2)C1.